The van der Waals surface area contributed by atoms with Crippen LogP contribution in [0.1, 0.15) is 12.0 Å². The Hall–Kier alpha value is -1.10. The molecule has 0 fully saturated rings. The average Bonchev–Trinajstić information content (AvgIpc) is 2.16. The van der Waals surface area contributed by atoms with Crippen molar-refractivity contribution in [3.63, 3.8) is 0 Å². The number of halogens is 2. The van der Waals surface area contributed by atoms with Crippen LogP contribution in [0.4, 0.5) is 8.78 Å². The molecule has 15 heavy (non-hydrogen) atoms. The predicted octanol–water partition coefficient (Wildman–Crippen LogP) is 2.98. The summed E-state index contributed by atoms with van der Waals surface area (Å²) in [5.41, 5.74) is -0.253. The zero-order chi connectivity index (χ0) is 11.5. The molecule has 0 radical (unpaired) electrons. The number of aliphatic carboxylic acids is 1. The summed E-state index contributed by atoms with van der Waals surface area (Å²) >= 11 is 1.34. The van der Waals surface area contributed by atoms with Gasteiger partial charge in [-0.05, 0) is 18.4 Å². The number of carbonyl (C=O) groups is 1. The van der Waals surface area contributed by atoms with Crippen LogP contribution < -0.4 is 0 Å². The summed E-state index contributed by atoms with van der Waals surface area (Å²) in [6.45, 7) is 0. The maximum Gasteiger partial charge on any atom is 0.309 e. The van der Waals surface area contributed by atoms with E-state index in [2.05, 4.69) is 0 Å². The Morgan fingerprint density at radius 1 is 1.53 bits per heavy atom. The molecule has 1 aromatic carbocycles. The summed E-state index contributed by atoms with van der Waals surface area (Å²) in [4.78, 5) is 10.9. The minimum Gasteiger partial charge on any atom is -0.481 e. The number of carboxylic acids is 1. The molecular formula is C10H10F2O2S. The molecule has 1 aromatic rings. The van der Waals surface area contributed by atoms with Gasteiger partial charge in [0.15, 0.2) is 0 Å². The standard InChI is InChI=1S/C10H10F2O2S/c1-15-8-4-2-3-7(5-8)10(11,12)6-9(13)14/h2-5H,6H2,1H3,(H,13,14). The van der Waals surface area contributed by atoms with Crippen LogP contribution in [0.3, 0.4) is 0 Å². The van der Waals surface area contributed by atoms with Gasteiger partial charge in [0.2, 0.25) is 0 Å². The van der Waals surface area contributed by atoms with Gasteiger partial charge in [0, 0.05) is 10.5 Å². The lowest BCUT2D eigenvalue weighted by atomic mass is 10.1. The van der Waals surface area contributed by atoms with E-state index in [1.165, 1.54) is 30.0 Å². The molecule has 0 aliphatic rings. The Labute approximate surface area is 90.3 Å². The van der Waals surface area contributed by atoms with E-state index in [0.717, 1.165) is 0 Å². The van der Waals surface area contributed by atoms with Crippen molar-refractivity contribution in [2.75, 3.05) is 6.26 Å². The lowest BCUT2D eigenvalue weighted by Crippen LogP contribution is -2.18. The van der Waals surface area contributed by atoms with E-state index in [-0.39, 0.29) is 5.56 Å². The minimum absolute atomic E-state index is 0.253. The summed E-state index contributed by atoms with van der Waals surface area (Å²) < 4.78 is 26.7. The molecule has 0 amide bonds. The van der Waals surface area contributed by atoms with Crippen molar-refractivity contribution in [1.82, 2.24) is 0 Å². The molecule has 0 saturated heterocycles. The third-order valence-electron chi connectivity index (χ3n) is 1.87. The maximum absolute atomic E-state index is 13.3. The Bertz CT molecular complexity index is 366. The highest BCUT2D eigenvalue weighted by Crippen LogP contribution is 2.33. The van der Waals surface area contributed by atoms with Crippen LogP contribution in [0.2, 0.25) is 0 Å². The van der Waals surface area contributed by atoms with Gasteiger partial charge in [-0.1, -0.05) is 12.1 Å². The molecule has 0 saturated carbocycles. The fourth-order valence-electron chi connectivity index (χ4n) is 1.14. The van der Waals surface area contributed by atoms with Gasteiger partial charge in [-0.3, -0.25) is 4.79 Å². The van der Waals surface area contributed by atoms with E-state index in [1.54, 1.807) is 12.3 Å². The normalized spacial score (nSPS) is 11.4. The maximum atomic E-state index is 13.3. The summed E-state index contributed by atoms with van der Waals surface area (Å²) in [5, 5.41) is 8.35. The van der Waals surface area contributed by atoms with Gasteiger partial charge in [0.05, 0.1) is 0 Å². The number of thioether (sulfide) groups is 1. The Balaban J connectivity index is 2.98. The molecule has 0 atom stereocenters. The largest absolute Gasteiger partial charge is 0.481 e. The first-order chi connectivity index (χ1) is 6.95. The second-order valence-corrected chi connectivity index (χ2v) is 3.89. The van der Waals surface area contributed by atoms with E-state index in [4.69, 9.17) is 5.11 Å². The zero-order valence-corrected chi connectivity index (χ0v) is 8.85. The molecule has 0 heterocycles. The quantitative estimate of drug-likeness (QED) is 0.811. The summed E-state index contributed by atoms with van der Waals surface area (Å²) in [7, 11) is 0. The lowest BCUT2D eigenvalue weighted by Gasteiger charge is -2.14. The SMILES string of the molecule is CSc1cccc(C(F)(F)CC(=O)O)c1. The van der Waals surface area contributed by atoms with Crippen LogP contribution in [0.5, 0.6) is 0 Å². The van der Waals surface area contributed by atoms with Crippen molar-refractivity contribution in [2.45, 2.75) is 17.2 Å². The molecule has 2 nitrogen and oxygen atoms in total. The van der Waals surface area contributed by atoms with Crippen LogP contribution in [-0.2, 0) is 10.7 Å². The molecule has 0 aliphatic heterocycles. The van der Waals surface area contributed by atoms with Crippen LogP contribution in [-0.4, -0.2) is 17.3 Å². The molecule has 0 aromatic heterocycles. The number of rotatable bonds is 4. The smallest absolute Gasteiger partial charge is 0.309 e. The number of hydrogen-bond acceptors (Lipinski definition) is 2. The lowest BCUT2D eigenvalue weighted by molar-refractivity contribution is -0.145. The van der Waals surface area contributed by atoms with Crippen LogP contribution >= 0.6 is 11.8 Å². The molecular weight excluding hydrogens is 222 g/mol. The first-order valence-electron chi connectivity index (χ1n) is 4.20. The van der Waals surface area contributed by atoms with E-state index < -0.39 is 18.3 Å². The molecule has 1 rings (SSSR count). The third-order valence-corrected chi connectivity index (χ3v) is 2.59. The van der Waals surface area contributed by atoms with Crippen molar-refractivity contribution < 1.29 is 18.7 Å². The van der Waals surface area contributed by atoms with Crippen LogP contribution in [0.25, 0.3) is 0 Å². The summed E-state index contributed by atoms with van der Waals surface area (Å²) in [6.07, 6.45) is 0.597. The van der Waals surface area contributed by atoms with Gasteiger partial charge in [-0.15, -0.1) is 11.8 Å². The Kier molecular flexibility index (Phi) is 3.68. The molecule has 0 bridgehead atoms. The Morgan fingerprint density at radius 3 is 2.73 bits per heavy atom. The van der Waals surface area contributed by atoms with Crippen LogP contribution in [0.15, 0.2) is 29.2 Å². The topological polar surface area (TPSA) is 37.3 Å². The molecule has 1 N–H and O–H groups in total. The first kappa shape index (κ1) is 12.0. The predicted molar refractivity (Wildman–Crippen MR) is 54.4 cm³/mol. The third kappa shape index (κ3) is 3.20. The second kappa shape index (κ2) is 4.61. The van der Waals surface area contributed by atoms with Gasteiger partial charge in [0.25, 0.3) is 5.92 Å². The molecule has 0 spiro atoms. The minimum atomic E-state index is -3.31. The van der Waals surface area contributed by atoms with Crippen molar-refractivity contribution in [3.05, 3.63) is 29.8 Å². The highest BCUT2D eigenvalue weighted by molar-refractivity contribution is 7.98. The fraction of sp³-hybridized carbons (Fsp3) is 0.300. The van der Waals surface area contributed by atoms with E-state index in [9.17, 15) is 13.6 Å². The highest BCUT2D eigenvalue weighted by atomic mass is 32.2. The zero-order valence-electron chi connectivity index (χ0n) is 8.04. The number of carboxylic acid groups (broad SMARTS) is 1. The monoisotopic (exact) mass is 232 g/mol. The molecule has 5 heteroatoms. The fourth-order valence-corrected chi connectivity index (χ4v) is 1.60. The van der Waals surface area contributed by atoms with Crippen molar-refractivity contribution >= 4 is 17.7 Å². The van der Waals surface area contributed by atoms with E-state index in [0.29, 0.717) is 4.90 Å². The Morgan fingerprint density at radius 2 is 2.20 bits per heavy atom. The second-order valence-electron chi connectivity index (χ2n) is 3.01. The number of alkyl halides is 2. The van der Waals surface area contributed by atoms with Gasteiger partial charge < -0.3 is 5.11 Å². The van der Waals surface area contributed by atoms with Gasteiger partial charge in [-0.2, -0.15) is 0 Å². The summed E-state index contributed by atoms with van der Waals surface area (Å²) in [6, 6.07) is 5.75. The van der Waals surface area contributed by atoms with Crippen LogP contribution in [0, 0.1) is 0 Å². The average molecular weight is 232 g/mol. The van der Waals surface area contributed by atoms with E-state index in [1.807, 2.05) is 0 Å². The molecule has 82 valence electrons. The van der Waals surface area contributed by atoms with Crippen molar-refractivity contribution in [2.24, 2.45) is 0 Å². The number of hydrogen-bond donors (Lipinski definition) is 1. The van der Waals surface area contributed by atoms with E-state index >= 15 is 0 Å². The molecule has 0 unspecified atom stereocenters. The molecule has 0 aliphatic carbocycles. The van der Waals surface area contributed by atoms with Gasteiger partial charge in [-0.25, -0.2) is 8.78 Å². The summed E-state index contributed by atoms with van der Waals surface area (Å²) in [5.74, 6) is -4.81. The van der Waals surface area contributed by atoms with Gasteiger partial charge >= 0.3 is 5.97 Å². The number of benzene rings is 1. The highest BCUT2D eigenvalue weighted by Gasteiger charge is 2.34. The van der Waals surface area contributed by atoms with Gasteiger partial charge in [0.1, 0.15) is 6.42 Å². The van der Waals surface area contributed by atoms with Crippen molar-refractivity contribution in [1.29, 1.82) is 0 Å². The first-order valence-corrected chi connectivity index (χ1v) is 5.42. The van der Waals surface area contributed by atoms with Crippen molar-refractivity contribution in [3.8, 4) is 0 Å².